The van der Waals surface area contributed by atoms with E-state index in [1.165, 1.54) is 4.68 Å². The molecule has 0 atom stereocenters. The zero-order chi connectivity index (χ0) is 17.1. The van der Waals surface area contributed by atoms with Gasteiger partial charge in [0, 0.05) is 14.0 Å². The summed E-state index contributed by atoms with van der Waals surface area (Å²) in [5.41, 5.74) is 1.16. The lowest BCUT2D eigenvalue weighted by Crippen LogP contribution is -2.27. The Morgan fingerprint density at radius 2 is 2.04 bits per heavy atom. The first-order chi connectivity index (χ1) is 11.5. The third kappa shape index (κ3) is 3.46. The van der Waals surface area contributed by atoms with Crippen molar-refractivity contribution in [2.45, 2.75) is 20.0 Å². The first-order valence-electron chi connectivity index (χ1n) is 7.34. The fraction of sp³-hybridized carbons (Fsp3) is 0.250. The molecule has 0 bridgehead atoms. The molecular formula is C16H16ClN5O2. The molecule has 0 unspecified atom stereocenters. The molecule has 1 aromatic carbocycles. The Kier molecular flexibility index (Phi) is 4.61. The van der Waals surface area contributed by atoms with Crippen LogP contribution < -0.4 is 10.5 Å². The monoisotopic (exact) mass is 345 g/mol. The lowest BCUT2D eigenvalue weighted by molar-refractivity contribution is 0.387. The van der Waals surface area contributed by atoms with Crippen molar-refractivity contribution in [3.63, 3.8) is 0 Å². The fourth-order valence-electron chi connectivity index (χ4n) is 2.29. The van der Waals surface area contributed by atoms with Crippen LogP contribution in [0.5, 0.6) is 0 Å². The van der Waals surface area contributed by atoms with Crippen molar-refractivity contribution in [1.29, 1.82) is 0 Å². The molecule has 0 fully saturated rings. The number of hydrogen-bond donors (Lipinski definition) is 0. The third-order valence-electron chi connectivity index (χ3n) is 3.50. The van der Waals surface area contributed by atoms with Gasteiger partial charge in [-0.2, -0.15) is 10.1 Å². The predicted molar refractivity (Wildman–Crippen MR) is 90.2 cm³/mol. The van der Waals surface area contributed by atoms with Crippen molar-refractivity contribution >= 4 is 17.3 Å². The second-order valence-corrected chi connectivity index (χ2v) is 5.76. The molecule has 24 heavy (non-hydrogen) atoms. The van der Waals surface area contributed by atoms with Crippen LogP contribution in [0.25, 0.3) is 0 Å². The van der Waals surface area contributed by atoms with E-state index in [0.29, 0.717) is 30.5 Å². The average molecular weight is 346 g/mol. The number of anilines is 1. The number of benzene rings is 1. The zero-order valence-corrected chi connectivity index (χ0v) is 14.1. The Balaban J connectivity index is 1.83. The largest absolute Gasteiger partial charge is 0.364 e. The van der Waals surface area contributed by atoms with Gasteiger partial charge in [-0.15, -0.1) is 0 Å². The number of nitrogens with zero attached hydrogens (tertiary/aromatic N) is 5. The van der Waals surface area contributed by atoms with Gasteiger partial charge in [0.15, 0.2) is 5.82 Å². The van der Waals surface area contributed by atoms with Gasteiger partial charge < -0.3 is 9.42 Å². The molecule has 0 aliphatic heterocycles. The molecule has 2 heterocycles. The number of aromatic nitrogens is 4. The third-order valence-corrected chi connectivity index (χ3v) is 3.86. The van der Waals surface area contributed by atoms with E-state index in [-0.39, 0.29) is 10.6 Å². The van der Waals surface area contributed by atoms with Gasteiger partial charge in [-0.05, 0) is 5.56 Å². The predicted octanol–water partition coefficient (Wildman–Crippen LogP) is 2.27. The van der Waals surface area contributed by atoms with Crippen LogP contribution in [0.2, 0.25) is 5.02 Å². The number of rotatable bonds is 5. The van der Waals surface area contributed by atoms with Gasteiger partial charge in [-0.1, -0.05) is 47.1 Å². The SMILES string of the molecule is Cc1nc(CN(C)c2cnn(Cc3ccccc3)c(=O)c2Cl)no1. The van der Waals surface area contributed by atoms with E-state index in [4.69, 9.17) is 16.1 Å². The van der Waals surface area contributed by atoms with Crippen molar-refractivity contribution in [1.82, 2.24) is 19.9 Å². The van der Waals surface area contributed by atoms with Gasteiger partial charge in [0.2, 0.25) is 5.89 Å². The van der Waals surface area contributed by atoms with E-state index < -0.39 is 0 Å². The molecule has 0 aliphatic rings. The highest BCUT2D eigenvalue weighted by molar-refractivity contribution is 6.33. The maximum absolute atomic E-state index is 12.4. The second kappa shape index (κ2) is 6.84. The van der Waals surface area contributed by atoms with E-state index in [1.807, 2.05) is 30.3 Å². The normalized spacial score (nSPS) is 10.8. The van der Waals surface area contributed by atoms with Crippen LogP contribution in [0.1, 0.15) is 17.3 Å². The summed E-state index contributed by atoms with van der Waals surface area (Å²) in [5, 5.41) is 8.16. The summed E-state index contributed by atoms with van der Waals surface area (Å²) in [5.74, 6) is 1.00. The van der Waals surface area contributed by atoms with Gasteiger partial charge >= 0.3 is 0 Å². The van der Waals surface area contributed by atoms with E-state index in [1.54, 1.807) is 25.1 Å². The topological polar surface area (TPSA) is 77.1 Å². The highest BCUT2D eigenvalue weighted by Crippen LogP contribution is 2.21. The molecule has 7 nitrogen and oxygen atoms in total. The summed E-state index contributed by atoms with van der Waals surface area (Å²) in [6.07, 6.45) is 1.57. The minimum Gasteiger partial charge on any atom is -0.364 e. The number of halogens is 1. The average Bonchev–Trinajstić information content (AvgIpc) is 2.98. The van der Waals surface area contributed by atoms with Gasteiger partial charge in [-0.25, -0.2) is 4.68 Å². The summed E-state index contributed by atoms with van der Waals surface area (Å²) in [4.78, 5) is 18.3. The Morgan fingerprint density at radius 1 is 1.29 bits per heavy atom. The Labute approximate surface area is 143 Å². The molecule has 2 aromatic heterocycles. The number of aryl methyl sites for hydroxylation is 1. The van der Waals surface area contributed by atoms with Crippen LogP contribution in [-0.2, 0) is 13.1 Å². The molecule has 0 spiro atoms. The minimum atomic E-state index is -0.339. The van der Waals surface area contributed by atoms with E-state index in [9.17, 15) is 4.79 Å². The highest BCUT2D eigenvalue weighted by Gasteiger charge is 2.15. The van der Waals surface area contributed by atoms with Crippen molar-refractivity contribution < 1.29 is 4.52 Å². The molecule has 8 heteroatoms. The van der Waals surface area contributed by atoms with Crippen LogP contribution in [0.4, 0.5) is 5.69 Å². The summed E-state index contributed by atoms with van der Waals surface area (Å²) in [6.45, 7) is 2.45. The van der Waals surface area contributed by atoms with E-state index >= 15 is 0 Å². The van der Waals surface area contributed by atoms with Gasteiger partial charge in [0.25, 0.3) is 5.56 Å². The molecule has 3 rings (SSSR count). The second-order valence-electron chi connectivity index (χ2n) is 5.38. The number of hydrogen-bond acceptors (Lipinski definition) is 6. The molecule has 0 saturated heterocycles. The molecule has 0 N–H and O–H groups in total. The molecule has 3 aromatic rings. The Bertz CT molecular complexity index is 891. The first-order valence-corrected chi connectivity index (χ1v) is 7.72. The molecular weight excluding hydrogens is 330 g/mol. The maximum Gasteiger partial charge on any atom is 0.287 e. The smallest absolute Gasteiger partial charge is 0.287 e. The van der Waals surface area contributed by atoms with Gasteiger partial charge in [0.05, 0.1) is 25.0 Å². The fourth-order valence-corrected chi connectivity index (χ4v) is 2.58. The lowest BCUT2D eigenvalue weighted by Gasteiger charge is -2.18. The van der Waals surface area contributed by atoms with Crippen molar-refractivity contribution in [2.75, 3.05) is 11.9 Å². The van der Waals surface area contributed by atoms with Crippen LogP contribution in [-0.4, -0.2) is 27.0 Å². The van der Waals surface area contributed by atoms with Gasteiger partial charge in [0.1, 0.15) is 5.02 Å². The van der Waals surface area contributed by atoms with Crippen molar-refractivity contribution in [3.8, 4) is 0 Å². The minimum absolute atomic E-state index is 0.114. The summed E-state index contributed by atoms with van der Waals surface area (Å²) < 4.78 is 6.28. The summed E-state index contributed by atoms with van der Waals surface area (Å²) in [6, 6.07) is 9.61. The van der Waals surface area contributed by atoms with Gasteiger partial charge in [-0.3, -0.25) is 4.79 Å². The maximum atomic E-state index is 12.4. The quantitative estimate of drug-likeness (QED) is 0.706. The zero-order valence-electron chi connectivity index (χ0n) is 13.3. The van der Waals surface area contributed by atoms with E-state index in [0.717, 1.165) is 5.56 Å². The van der Waals surface area contributed by atoms with Crippen molar-refractivity contribution in [2.24, 2.45) is 0 Å². The van der Waals surface area contributed by atoms with Crippen LogP contribution in [0.3, 0.4) is 0 Å². The highest BCUT2D eigenvalue weighted by atomic mass is 35.5. The Morgan fingerprint density at radius 3 is 2.71 bits per heavy atom. The summed E-state index contributed by atoms with van der Waals surface area (Å²) >= 11 is 6.25. The molecule has 0 aliphatic carbocycles. The van der Waals surface area contributed by atoms with Crippen LogP contribution in [0.15, 0.2) is 45.8 Å². The standard InChI is InChI=1S/C16H16ClN5O2/c1-11-19-14(20-24-11)10-21(2)13-8-18-22(16(23)15(13)17)9-12-6-4-3-5-7-12/h3-8H,9-10H2,1-2H3. The molecule has 0 amide bonds. The van der Waals surface area contributed by atoms with Crippen LogP contribution >= 0.6 is 11.6 Å². The lowest BCUT2D eigenvalue weighted by atomic mass is 10.2. The summed E-state index contributed by atoms with van der Waals surface area (Å²) in [7, 11) is 1.79. The van der Waals surface area contributed by atoms with Crippen LogP contribution in [0, 0.1) is 6.92 Å². The Hall–Kier alpha value is -2.67. The first kappa shape index (κ1) is 16.2. The molecule has 0 saturated carbocycles. The van der Waals surface area contributed by atoms with E-state index in [2.05, 4.69) is 15.2 Å². The van der Waals surface area contributed by atoms with Crippen molar-refractivity contribution in [3.05, 3.63) is 69.2 Å². The molecule has 0 radical (unpaired) electrons. The molecule has 124 valence electrons.